The van der Waals surface area contributed by atoms with E-state index in [0.29, 0.717) is 25.6 Å². The van der Waals surface area contributed by atoms with Crippen molar-refractivity contribution in [1.82, 2.24) is 0 Å². The smallest absolute Gasteiger partial charge is 0.211 e. The third-order valence-corrected chi connectivity index (χ3v) is 5.40. The highest BCUT2D eigenvalue weighted by Gasteiger charge is 2.26. The van der Waals surface area contributed by atoms with Gasteiger partial charge in [-0.25, -0.2) is 0 Å². The molecule has 0 bridgehead atoms. The van der Waals surface area contributed by atoms with Crippen molar-refractivity contribution in [3.8, 4) is 5.75 Å². The third-order valence-electron chi connectivity index (χ3n) is 3.24. The minimum atomic E-state index is 0.190. The highest BCUT2D eigenvalue weighted by molar-refractivity contribution is 7.97. The highest BCUT2D eigenvalue weighted by atomic mass is 32.2. The lowest BCUT2D eigenvalue weighted by atomic mass is 10.1. The molecule has 0 amide bonds. The Bertz CT molecular complexity index is 426. The minimum absolute atomic E-state index is 0.190. The maximum absolute atomic E-state index is 12.2. The number of hydrogen-bond acceptors (Lipinski definition) is 4. The molecule has 0 N–H and O–H groups in total. The number of benzene rings is 1. The molecule has 0 saturated carbocycles. The Labute approximate surface area is 129 Å². The van der Waals surface area contributed by atoms with Crippen LogP contribution in [0.3, 0.4) is 0 Å². The normalized spacial score (nSPS) is 15.9. The van der Waals surface area contributed by atoms with Crippen LogP contribution in [0.4, 0.5) is 0 Å². The second kappa shape index (κ2) is 9.07. The summed E-state index contributed by atoms with van der Waals surface area (Å²) in [5, 5.41) is 0. The summed E-state index contributed by atoms with van der Waals surface area (Å²) in [6.07, 6.45) is 0. The van der Waals surface area contributed by atoms with E-state index in [1.54, 1.807) is 0 Å². The predicted molar refractivity (Wildman–Crippen MR) is 85.5 cm³/mol. The summed E-state index contributed by atoms with van der Waals surface area (Å²) < 4.78 is 16.1. The van der Waals surface area contributed by atoms with Crippen molar-refractivity contribution >= 4 is 16.7 Å². The molecular formula is C16H23O4S+. The molecule has 5 heteroatoms. The maximum Gasteiger partial charge on any atom is 0.211 e. The monoisotopic (exact) mass is 311 g/mol. The standard InChI is InChI=1S/C16H23O4S/c1-2-18-7-8-20-15-5-3-14(4-6-15)16(17)13-21-11-9-19-10-12-21/h3-6H,2,7-13H2,1H3/q+1. The number of hydrogen-bond donors (Lipinski definition) is 0. The molecule has 0 atom stereocenters. The van der Waals surface area contributed by atoms with Gasteiger partial charge in [0.15, 0.2) is 5.75 Å². The van der Waals surface area contributed by atoms with Crippen molar-refractivity contribution in [2.45, 2.75) is 6.92 Å². The molecule has 1 aliphatic rings. The molecule has 1 saturated heterocycles. The summed E-state index contributed by atoms with van der Waals surface area (Å²) in [7, 11) is 0.190. The molecular weight excluding hydrogens is 288 g/mol. The molecule has 1 aliphatic heterocycles. The van der Waals surface area contributed by atoms with Crippen LogP contribution < -0.4 is 4.74 Å². The molecule has 0 aliphatic carbocycles. The van der Waals surface area contributed by atoms with Crippen LogP contribution in [0.5, 0.6) is 5.75 Å². The zero-order valence-electron chi connectivity index (χ0n) is 12.5. The van der Waals surface area contributed by atoms with Gasteiger partial charge in [-0.05, 0) is 31.2 Å². The van der Waals surface area contributed by atoms with E-state index in [2.05, 4.69) is 0 Å². The van der Waals surface area contributed by atoms with E-state index in [1.807, 2.05) is 31.2 Å². The summed E-state index contributed by atoms with van der Waals surface area (Å²) >= 11 is 0. The molecule has 0 radical (unpaired) electrons. The van der Waals surface area contributed by atoms with Crippen LogP contribution in [-0.2, 0) is 20.4 Å². The Balaban J connectivity index is 1.78. The van der Waals surface area contributed by atoms with Crippen molar-refractivity contribution in [3.05, 3.63) is 29.8 Å². The Hall–Kier alpha value is -1.04. The van der Waals surface area contributed by atoms with E-state index in [4.69, 9.17) is 14.2 Å². The Morgan fingerprint density at radius 3 is 2.57 bits per heavy atom. The van der Waals surface area contributed by atoms with E-state index >= 15 is 0 Å². The lowest BCUT2D eigenvalue weighted by molar-refractivity contribution is 0.102. The van der Waals surface area contributed by atoms with E-state index in [0.717, 1.165) is 36.0 Å². The number of Topliss-reactive ketones (excluding diaryl/α,β-unsaturated/α-hetero) is 1. The summed E-state index contributed by atoms with van der Waals surface area (Å²) in [5.41, 5.74) is 0.770. The SMILES string of the molecule is CCOCCOc1ccc(C(=O)C[S+]2CCOCC2)cc1. The average molecular weight is 311 g/mol. The highest BCUT2D eigenvalue weighted by Crippen LogP contribution is 2.14. The fourth-order valence-corrected chi connectivity index (χ4v) is 3.81. The number of ketones is 1. The zero-order chi connectivity index (χ0) is 14.9. The molecule has 4 nitrogen and oxygen atoms in total. The first-order valence-corrected chi connectivity index (χ1v) is 9.08. The first-order valence-electron chi connectivity index (χ1n) is 7.35. The van der Waals surface area contributed by atoms with E-state index < -0.39 is 0 Å². The number of carbonyl (C=O) groups is 1. The molecule has 0 spiro atoms. The lowest BCUT2D eigenvalue weighted by Crippen LogP contribution is -2.31. The fraction of sp³-hybridized carbons (Fsp3) is 0.562. The first kappa shape index (κ1) is 16.3. The van der Waals surface area contributed by atoms with Crippen molar-refractivity contribution in [3.63, 3.8) is 0 Å². The quantitative estimate of drug-likeness (QED) is 0.418. The van der Waals surface area contributed by atoms with Crippen molar-refractivity contribution in [1.29, 1.82) is 0 Å². The van der Waals surface area contributed by atoms with E-state index in [9.17, 15) is 4.79 Å². The second-order valence-electron chi connectivity index (χ2n) is 4.77. The molecule has 1 fully saturated rings. The van der Waals surface area contributed by atoms with Gasteiger partial charge in [-0.15, -0.1) is 0 Å². The van der Waals surface area contributed by atoms with Gasteiger partial charge < -0.3 is 14.2 Å². The minimum Gasteiger partial charge on any atom is -0.491 e. The van der Waals surface area contributed by atoms with E-state index in [-0.39, 0.29) is 16.7 Å². The molecule has 1 aromatic carbocycles. The molecule has 21 heavy (non-hydrogen) atoms. The molecule has 2 rings (SSSR count). The number of ether oxygens (including phenoxy) is 3. The van der Waals surface area contributed by atoms with Gasteiger partial charge in [0.1, 0.15) is 23.9 Å². The van der Waals surface area contributed by atoms with Crippen molar-refractivity contribution in [2.24, 2.45) is 0 Å². The van der Waals surface area contributed by atoms with Crippen LogP contribution in [0, 0.1) is 0 Å². The first-order chi connectivity index (χ1) is 10.3. The predicted octanol–water partition coefficient (Wildman–Crippen LogP) is 1.93. The van der Waals surface area contributed by atoms with Gasteiger partial charge in [0, 0.05) is 23.1 Å². The summed E-state index contributed by atoms with van der Waals surface area (Å²) in [6.45, 7) is 5.36. The van der Waals surface area contributed by atoms with Crippen LogP contribution in [0.1, 0.15) is 17.3 Å². The molecule has 0 aromatic heterocycles. The maximum atomic E-state index is 12.2. The molecule has 1 aromatic rings. The van der Waals surface area contributed by atoms with Crippen molar-refractivity contribution in [2.75, 3.05) is 50.3 Å². The van der Waals surface area contributed by atoms with Gasteiger partial charge in [0.25, 0.3) is 0 Å². The largest absolute Gasteiger partial charge is 0.491 e. The van der Waals surface area contributed by atoms with E-state index in [1.165, 1.54) is 0 Å². The van der Waals surface area contributed by atoms with Crippen LogP contribution in [0.2, 0.25) is 0 Å². The van der Waals surface area contributed by atoms with Gasteiger partial charge in [-0.1, -0.05) is 0 Å². The lowest BCUT2D eigenvalue weighted by Gasteiger charge is -2.13. The third kappa shape index (κ3) is 5.69. The summed E-state index contributed by atoms with van der Waals surface area (Å²) in [5.74, 6) is 3.68. The van der Waals surface area contributed by atoms with Crippen LogP contribution in [0.15, 0.2) is 24.3 Å². The van der Waals surface area contributed by atoms with Crippen LogP contribution in [0.25, 0.3) is 0 Å². The second-order valence-corrected chi connectivity index (χ2v) is 7.10. The Kier molecular flexibility index (Phi) is 7.06. The Morgan fingerprint density at radius 2 is 1.90 bits per heavy atom. The summed E-state index contributed by atoms with van der Waals surface area (Å²) in [4.78, 5) is 12.2. The number of carbonyl (C=O) groups excluding carboxylic acids is 1. The van der Waals surface area contributed by atoms with Crippen molar-refractivity contribution < 1.29 is 19.0 Å². The van der Waals surface area contributed by atoms with Gasteiger partial charge in [0.2, 0.25) is 5.78 Å². The van der Waals surface area contributed by atoms with Crippen LogP contribution >= 0.6 is 0 Å². The van der Waals surface area contributed by atoms with Gasteiger partial charge >= 0.3 is 0 Å². The molecule has 116 valence electrons. The topological polar surface area (TPSA) is 44.8 Å². The molecule has 0 unspecified atom stereocenters. The van der Waals surface area contributed by atoms with Gasteiger partial charge in [-0.3, -0.25) is 4.79 Å². The van der Waals surface area contributed by atoms with Gasteiger partial charge in [0.05, 0.1) is 19.8 Å². The van der Waals surface area contributed by atoms with Crippen LogP contribution in [-0.4, -0.2) is 56.1 Å². The molecule has 1 heterocycles. The average Bonchev–Trinajstić information content (AvgIpc) is 2.53. The Morgan fingerprint density at radius 1 is 1.19 bits per heavy atom. The van der Waals surface area contributed by atoms with Gasteiger partial charge in [-0.2, -0.15) is 0 Å². The summed E-state index contributed by atoms with van der Waals surface area (Å²) in [6, 6.07) is 7.41. The number of rotatable bonds is 8. The fourth-order valence-electron chi connectivity index (χ4n) is 2.07. The zero-order valence-corrected chi connectivity index (χ0v) is 13.3.